The van der Waals surface area contributed by atoms with Crippen molar-refractivity contribution in [3.8, 4) is 11.5 Å². The van der Waals surface area contributed by atoms with Gasteiger partial charge in [-0.15, -0.1) is 11.3 Å². The second-order valence-corrected chi connectivity index (χ2v) is 7.55. The van der Waals surface area contributed by atoms with Gasteiger partial charge in [-0.05, 0) is 30.5 Å². The Kier molecular flexibility index (Phi) is 4.10. The lowest BCUT2D eigenvalue weighted by atomic mass is 10.2. The van der Waals surface area contributed by atoms with E-state index in [1.165, 1.54) is 23.1 Å². The Balaban J connectivity index is 1.46. The van der Waals surface area contributed by atoms with E-state index in [1.807, 2.05) is 11.4 Å². The van der Waals surface area contributed by atoms with Crippen molar-refractivity contribution in [2.75, 3.05) is 17.8 Å². The number of hydrogen-bond acceptors (Lipinski definition) is 8. The number of amides is 1. The molecule has 1 aromatic carbocycles. The van der Waals surface area contributed by atoms with Gasteiger partial charge in [0.1, 0.15) is 10.6 Å². The zero-order valence-corrected chi connectivity index (χ0v) is 14.8. The first-order valence-electron chi connectivity index (χ1n) is 7.48. The van der Waals surface area contributed by atoms with E-state index in [-0.39, 0.29) is 18.0 Å². The standard InChI is InChI=1S/C16H14N4O3S2/c1-8(25-16-19-13(17)10-4-5-24-15(10)20-16)14(21)18-9-2-3-11-12(6-9)23-7-22-11/h2-6,8H,7H2,1H3,(H,18,21)(H2,17,19,20). The molecule has 9 heteroatoms. The first-order valence-corrected chi connectivity index (χ1v) is 9.24. The fourth-order valence-corrected chi connectivity index (χ4v) is 3.95. The summed E-state index contributed by atoms with van der Waals surface area (Å²) in [5.41, 5.74) is 6.59. The van der Waals surface area contributed by atoms with Crippen LogP contribution in [0.1, 0.15) is 6.92 Å². The number of nitrogens with zero attached hydrogens (tertiary/aromatic N) is 2. The number of thioether (sulfide) groups is 1. The van der Waals surface area contributed by atoms with Crippen molar-refractivity contribution in [3.05, 3.63) is 29.6 Å². The average molecular weight is 374 g/mol. The molecule has 0 radical (unpaired) electrons. The Morgan fingerprint density at radius 1 is 1.32 bits per heavy atom. The van der Waals surface area contributed by atoms with Crippen LogP contribution in [0.25, 0.3) is 10.2 Å². The van der Waals surface area contributed by atoms with Crippen molar-refractivity contribution in [1.82, 2.24) is 9.97 Å². The maximum Gasteiger partial charge on any atom is 0.237 e. The van der Waals surface area contributed by atoms with E-state index in [9.17, 15) is 4.79 Å². The van der Waals surface area contributed by atoms with E-state index in [0.29, 0.717) is 28.2 Å². The van der Waals surface area contributed by atoms with Gasteiger partial charge < -0.3 is 20.5 Å². The SMILES string of the molecule is CC(Sc1nc(N)c2ccsc2n1)C(=O)Nc1ccc2c(c1)OCO2. The number of nitrogen functional groups attached to an aromatic ring is 1. The summed E-state index contributed by atoms with van der Waals surface area (Å²) in [6.07, 6.45) is 0. The molecule has 0 bridgehead atoms. The average Bonchev–Trinajstić information content (AvgIpc) is 3.23. The molecule has 1 amide bonds. The highest BCUT2D eigenvalue weighted by Gasteiger charge is 2.19. The molecule has 7 nitrogen and oxygen atoms in total. The summed E-state index contributed by atoms with van der Waals surface area (Å²) in [5, 5.41) is 5.72. The summed E-state index contributed by atoms with van der Waals surface area (Å²) in [4.78, 5) is 22.0. The first-order chi connectivity index (χ1) is 12.1. The lowest BCUT2D eigenvalue weighted by Crippen LogP contribution is -2.22. The molecule has 0 spiro atoms. The number of carbonyl (C=O) groups is 1. The van der Waals surface area contributed by atoms with Gasteiger partial charge in [0, 0.05) is 11.8 Å². The summed E-state index contributed by atoms with van der Waals surface area (Å²) in [6, 6.07) is 7.17. The molecular formula is C16H14N4O3S2. The lowest BCUT2D eigenvalue weighted by molar-refractivity contribution is -0.115. The van der Waals surface area contributed by atoms with Crippen LogP contribution in [0.3, 0.4) is 0 Å². The number of anilines is 2. The van der Waals surface area contributed by atoms with Crippen LogP contribution in [0.15, 0.2) is 34.8 Å². The minimum Gasteiger partial charge on any atom is -0.454 e. The third-order valence-electron chi connectivity index (χ3n) is 3.63. The largest absolute Gasteiger partial charge is 0.454 e. The van der Waals surface area contributed by atoms with E-state index in [4.69, 9.17) is 15.2 Å². The summed E-state index contributed by atoms with van der Waals surface area (Å²) >= 11 is 2.76. The highest BCUT2D eigenvalue weighted by atomic mass is 32.2. The van der Waals surface area contributed by atoms with Gasteiger partial charge in [0.25, 0.3) is 0 Å². The molecule has 3 N–H and O–H groups in total. The highest BCUT2D eigenvalue weighted by Crippen LogP contribution is 2.34. The maximum atomic E-state index is 12.4. The van der Waals surface area contributed by atoms with Crippen molar-refractivity contribution < 1.29 is 14.3 Å². The summed E-state index contributed by atoms with van der Waals surface area (Å²) in [7, 11) is 0. The Bertz CT molecular complexity index is 960. The van der Waals surface area contributed by atoms with Gasteiger partial charge in [0.15, 0.2) is 16.7 Å². The normalized spacial score (nSPS) is 13.8. The zero-order valence-electron chi connectivity index (χ0n) is 13.2. The van der Waals surface area contributed by atoms with Crippen molar-refractivity contribution in [2.24, 2.45) is 0 Å². The Labute approximate surface area is 151 Å². The number of aromatic nitrogens is 2. The molecule has 0 saturated carbocycles. The van der Waals surface area contributed by atoms with Gasteiger partial charge in [-0.2, -0.15) is 0 Å². The number of fused-ring (bicyclic) bond motifs is 2. The smallest absolute Gasteiger partial charge is 0.237 e. The molecule has 25 heavy (non-hydrogen) atoms. The number of benzene rings is 1. The molecule has 4 rings (SSSR count). The minimum atomic E-state index is -0.387. The highest BCUT2D eigenvalue weighted by molar-refractivity contribution is 8.00. The molecular weight excluding hydrogens is 360 g/mol. The molecule has 1 atom stereocenters. The van der Waals surface area contributed by atoms with Gasteiger partial charge in [-0.25, -0.2) is 9.97 Å². The topological polar surface area (TPSA) is 99.4 Å². The fraction of sp³-hybridized carbons (Fsp3) is 0.188. The van der Waals surface area contributed by atoms with Gasteiger partial charge in [0.2, 0.25) is 12.7 Å². The van der Waals surface area contributed by atoms with Crippen molar-refractivity contribution in [3.63, 3.8) is 0 Å². The van der Waals surface area contributed by atoms with E-state index < -0.39 is 0 Å². The first kappa shape index (κ1) is 16.0. The van der Waals surface area contributed by atoms with Crippen molar-refractivity contribution in [2.45, 2.75) is 17.3 Å². The van der Waals surface area contributed by atoms with Crippen LogP contribution in [-0.2, 0) is 4.79 Å². The summed E-state index contributed by atoms with van der Waals surface area (Å²) in [5.74, 6) is 1.57. The van der Waals surface area contributed by atoms with Crippen LogP contribution in [-0.4, -0.2) is 27.9 Å². The number of nitrogens with two attached hydrogens (primary N) is 1. The minimum absolute atomic E-state index is 0.155. The number of nitrogens with one attached hydrogen (secondary N) is 1. The van der Waals surface area contributed by atoms with E-state index in [1.54, 1.807) is 25.1 Å². The van der Waals surface area contributed by atoms with Crippen LogP contribution in [0.2, 0.25) is 0 Å². The number of ether oxygens (including phenoxy) is 2. The molecule has 1 aliphatic rings. The third kappa shape index (κ3) is 3.20. The molecule has 0 saturated heterocycles. The Hall–Kier alpha value is -2.52. The quantitative estimate of drug-likeness (QED) is 0.534. The van der Waals surface area contributed by atoms with Crippen molar-refractivity contribution in [1.29, 1.82) is 0 Å². The van der Waals surface area contributed by atoms with Crippen LogP contribution >= 0.6 is 23.1 Å². The Morgan fingerprint density at radius 3 is 3.04 bits per heavy atom. The molecule has 0 aliphatic carbocycles. The summed E-state index contributed by atoms with van der Waals surface area (Å²) in [6.45, 7) is 1.99. The molecule has 128 valence electrons. The monoisotopic (exact) mass is 374 g/mol. The maximum absolute atomic E-state index is 12.4. The third-order valence-corrected chi connectivity index (χ3v) is 5.39. The molecule has 0 fully saturated rings. The molecule has 1 aliphatic heterocycles. The van der Waals surface area contributed by atoms with Gasteiger partial charge in [-0.3, -0.25) is 4.79 Å². The lowest BCUT2D eigenvalue weighted by Gasteiger charge is -2.12. The number of thiophene rings is 1. The van der Waals surface area contributed by atoms with Crippen molar-refractivity contribution >= 4 is 50.7 Å². The van der Waals surface area contributed by atoms with Crippen LogP contribution in [0.4, 0.5) is 11.5 Å². The predicted octanol–water partition coefficient (Wildman–Crippen LogP) is 3.12. The predicted molar refractivity (Wildman–Crippen MR) is 98.3 cm³/mol. The zero-order chi connectivity index (χ0) is 17.4. The van der Waals surface area contributed by atoms with Crippen LogP contribution in [0.5, 0.6) is 11.5 Å². The fourth-order valence-electron chi connectivity index (χ4n) is 2.34. The number of carbonyl (C=O) groups excluding carboxylic acids is 1. The van der Waals surface area contributed by atoms with Gasteiger partial charge in [0.05, 0.1) is 10.6 Å². The molecule has 3 aromatic rings. The van der Waals surface area contributed by atoms with E-state index in [0.717, 1.165) is 10.2 Å². The number of rotatable bonds is 4. The van der Waals surface area contributed by atoms with Crippen LogP contribution < -0.4 is 20.5 Å². The molecule has 2 aromatic heterocycles. The van der Waals surface area contributed by atoms with Gasteiger partial charge >= 0.3 is 0 Å². The van der Waals surface area contributed by atoms with E-state index >= 15 is 0 Å². The van der Waals surface area contributed by atoms with Crippen LogP contribution in [0, 0.1) is 0 Å². The molecule has 1 unspecified atom stereocenters. The summed E-state index contributed by atoms with van der Waals surface area (Å²) < 4.78 is 10.6. The molecule has 3 heterocycles. The van der Waals surface area contributed by atoms with E-state index in [2.05, 4.69) is 15.3 Å². The Morgan fingerprint density at radius 2 is 2.16 bits per heavy atom. The van der Waals surface area contributed by atoms with Gasteiger partial charge in [-0.1, -0.05) is 11.8 Å². The number of hydrogen-bond donors (Lipinski definition) is 2. The second kappa shape index (κ2) is 6.41. The second-order valence-electron chi connectivity index (χ2n) is 5.35.